The molecule has 1 aromatic heterocycles. The molecule has 1 heterocycles. The van der Waals surface area contributed by atoms with Crippen LogP contribution in [-0.2, 0) is 4.79 Å². The van der Waals surface area contributed by atoms with Gasteiger partial charge in [0, 0.05) is 23.6 Å². The number of nitrogens with zero attached hydrogens (tertiary/aromatic N) is 2. The molecule has 0 saturated carbocycles. The van der Waals surface area contributed by atoms with Gasteiger partial charge in [0.1, 0.15) is 5.75 Å². The maximum Gasteiger partial charge on any atom is 0.251 e. The van der Waals surface area contributed by atoms with E-state index in [1.807, 2.05) is 0 Å². The fraction of sp³-hybridized carbons (Fsp3) is 0.227. The smallest absolute Gasteiger partial charge is 0.251 e. The Labute approximate surface area is 180 Å². The molecule has 0 radical (unpaired) electrons. The van der Waals surface area contributed by atoms with E-state index in [-0.39, 0.29) is 18.4 Å². The molecule has 0 aliphatic rings. The van der Waals surface area contributed by atoms with Crippen molar-refractivity contribution in [1.29, 1.82) is 0 Å². The summed E-state index contributed by atoms with van der Waals surface area (Å²) in [6, 6.07) is 12.0. The molecule has 0 saturated heterocycles. The van der Waals surface area contributed by atoms with Crippen molar-refractivity contribution in [1.82, 2.24) is 14.9 Å². The number of nitrogens with one attached hydrogen (secondary N) is 2. The monoisotopic (exact) mass is 426 g/mol. The number of aromatic nitrogens is 2. The highest BCUT2D eigenvalue weighted by atomic mass is 35.5. The lowest BCUT2D eigenvalue weighted by molar-refractivity contribution is -0.115. The molecule has 3 aromatic rings. The Morgan fingerprint density at radius 2 is 1.97 bits per heavy atom. The van der Waals surface area contributed by atoms with E-state index in [1.54, 1.807) is 65.8 Å². The van der Waals surface area contributed by atoms with Gasteiger partial charge in [-0.25, -0.2) is 4.98 Å². The number of imidazole rings is 1. The normalized spacial score (nSPS) is 10.5. The molecule has 156 valence electrons. The second kappa shape index (κ2) is 10.5. The Balaban J connectivity index is 1.49. The largest absolute Gasteiger partial charge is 0.494 e. The number of carbonyl (C=O) groups is 2. The summed E-state index contributed by atoms with van der Waals surface area (Å²) < 4.78 is 7.35. The number of benzene rings is 2. The standard InChI is InChI=1S/C22H23ClN4O3/c1-2-3-12-30-18-7-4-16(5-8-18)22(29)25-14-21(28)26-17-6-9-20(19(23)13-17)27-11-10-24-15-27/h4-11,13,15H,2-3,12,14H2,1H3,(H,25,29)(H,26,28). The average Bonchev–Trinajstić information content (AvgIpc) is 3.27. The molecule has 0 bridgehead atoms. The first-order chi connectivity index (χ1) is 14.6. The van der Waals surface area contributed by atoms with Crippen LogP contribution in [0.2, 0.25) is 5.02 Å². The van der Waals surface area contributed by atoms with Gasteiger partial charge >= 0.3 is 0 Å². The third kappa shape index (κ3) is 5.84. The van der Waals surface area contributed by atoms with Crippen LogP contribution in [0.15, 0.2) is 61.2 Å². The van der Waals surface area contributed by atoms with Crippen molar-refractivity contribution in [2.45, 2.75) is 19.8 Å². The molecule has 0 aliphatic carbocycles. The third-order valence-electron chi connectivity index (χ3n) is 4.31. The first-order valence-electron chi connectivity index (χ1n) is 9.65. The fourth-order valence-electron chi connectivity index (χ4n) is 2.70. The van der Waals surface area contributed by atoms with E-state index in [0.29, 0.717) is 28.6 Å². The molecular weight excluding hydrogens is 404 g/mol. The first-order valence-corrected chi connectivity index (χ1v) is 10.0. The van der Waals surface area contributed by atoms with Crippen LogP contribution < -0.4 is 15.4 Å². The van der Waals surface area contributed by atoms with E-state index >= 15 is 0 Å². The highest BCUT2D eigenvalue weighted by Crippen LogP contribution is 2.24. The van der Waals surface area contributed by atoms with Gasteiger partial charge < -0.3 is 19.9 Å². The molecule has 8 heteroatoms. The number of carbonyl (C=O) groups excluding carboxylic acids is 2. The van der Waals surface area contributed by atoms with Crippen LogP contribution in [0.3, 0.4) is 0 Å². The molecule has 2 aromatic carbocycles. The predicted octanol–water partition coefficient (Wildman–Crippen LogP) is 4.07. The second-order valence-corrected chi connectivity index (χ2v) is 7.00. The van der Waals surface area contributed by atoms with E-state index in [1.165, 1.54) is 0 Å². The van der Waals surface area contributed by atoms with Crippen molar-refractivity contribution < 1.29 is 14.3 Å². The van der Waals surface area contributed by atoms with Gasteiger partial charge in [-0.3, -0.25) is 9.59 Å². The van der Waals surface area contributed by atoms with Crippen molar-refractivity contribution in [3.8, 4) is 11.4 Å². The minimum Gasteiger partial charge on any atom is -0.494 e. The maximum atomic E-state index is 12.2. The number of unbranched alkanes of at least 4 members (excludes halogenated alkanes) is 1. The summed E-state index contributed by atoms with van der Waals surface area (Å²) in [7, 11) is 0. The van der Waals surface area contributed by atoms with Gasteiger partial charge in [-0.15, -0.1) is 0 Å². The molecule has 0 unspecified atom stereocenters. The minimum absolute atomic E-state index is 0.158. The molecular formula is C22H23ClN4O3. The molecule has 2 amide bonds. The number of ether oxygens (including phenoxy) is 1. The van der Waals surface area contributed by atoms with Gasteiger partial charge in [-0.2, -0.15) is 0 Å². The Morgan fingerprint density at radius 1 is 1.17 bits per heavy atom. The lowest BCUT2D eigenvalue weighted by Gasteiger charge is -2.10. The zero-order chi connectivity index (χ0) is 21.3. The van der Waals surface area contributed by atoms with Crippen molar-refractivity contribution in [3.05, 3.63) is 71.8 Å². The fourth-order valence-corrected chi connectivity index (χ4v) is 2.98. The van der Waals surface area contributed by atoms with Gasteiger partial charge in [0.15, 0.2) is 0 Å². The lowest BCUT2D eigenvalue weighted by Crippen LogP contribution is -2.32. The first kappa shape index (κ1) is 21.4. The number of halogens is 1. The van der Waals surface area contributed by atoms with Gasteiger partial charge in [-0.05, 0) is 48.9 Å². The number of hydrogen-bond donors (Lipinski definition) is 2. The van der Waals surface area contributed by atoms with Gasteiger partial charge in [0.05, 0.1) is 30.2 Å². The Hall–Kier alpha value is -3.32. The number of rotatable bonds is 9. The quantitative estimate of drug-likeness (QED) is 0.505. The highest BCUT2D eigenvalue weighted by molar-refractivity contribution is 6.32. The Morgan fingerprint density at radius 3 is 2.63 bits per heavy atom. The van der Waals surface area contributed by atoms with Crippen LogP contribution >= 0.6 is 11.6 Å². The third-order valence-corrected chi connectivity index (χ3v) is 4.61. The van der Waals surface area contributed by atoms with Crippen LogP contribution in [0.1, 0.15) is 30.1 Å². The summed E-state index contributed by atoms with van der Waals surface area (Å²) in [6.45, 7) is 2.59. The highest BCUT2D eigenvalue weighted by Gasteiger charge is 2.10. The molecule has 30 heavy (non-hydrogen) atoms. The topological polar surface area (TPSA) is 85.2 Å². The molecule has 3 rings (SSSR count). The van der Waals surface area contributed by atoms with Gasteiger partial charge in [-0.1, -0.05) is 24.9 Å². The van der Waals surface area contributed by atoms with Crippen LogP contribution in [0, 0.1) is 0 Å². The summed E-state index contributed by atoms with van der Waals surface area (Å²) in [5, 5.41) is 5.79. The summed E-state index contributed by atoms with van der Waals surface area (Å²) in [5.41, 5.74) is 1.75. The van der Waals surface area contributed by atoms with Crippen LogP contribution in [0.5, 0.6) is 5.75 Å². The molecule has 0 aliphatic heterocycles. The molecule has 7 nitrogen and oxygen atoms in total. The number of hydrogen-bond acceptors (Lipinski definition) is 4. The van der Waals surface area contributed by atoms with Gasteiger partial charge in [0.25, 0.3) is 5.91 Å². The van der Waals surface area contributed by atoms with E-state index in [2.05, 4.69) is 22.5 Å². The van der Waals surface area contributed by atoms with Crippen molar-refractivity contribution in [3.63, 3.8) is 0 Å². The summed E-state index contributed by atoms with van der Waals surface area (Å²) >= 11 is 6.28. The second-order valence-electron chi connectivity index (χ2n) is 6.59. The summed E-state index contributed by atoms with van der Waals surface area (Å²) in [5.74, 6) is 0.0295. The Bertz CT molecular complexity index is 988. The van der Waals surface area contributed by atoms with E-state index in [4.69, 9.17) is 16.3 Å². The van der Waals surface area contributed by atoms with Gasteiger partial charge in [0.2, 0.25) is 5.91 Å². The van der Waals surface area contributed by atoms with Crippen LogP contribution in [0.4, 0.5) is 5.69 Å². The summed E-state index contributed by atoms with van der Waals surface area (Å²) in [4.78, 5) is 28.4. The summed E-state index contributed by atoms with van der Waals surface area (Å²) in [6.07, 6.45) is 7.11. The zero-order valence-electron chi connectivity index (χ0n) is 16.6. The van der Waals surface area contributed by atoms with Crippen molar-refractivity contribution in [2.24, 2.45) is 0 Å². The van der Waals surface area contributed by atoms with Crippen LogP contribution in [-0.4, -0.2) is 34.5 Å². The van der Waals surface area contributed by atoms with E-state index in [0.717, 1.165) is 18.5 Å². The average molecular weight is 427 g/mol. The van der Waals surface area contributed by atoms with E-state index in [9.17, 15) is 9.59 Å². The molecule has 0 spiro atoms. The maximum absolute atomic E-state index is 12.2. The number of anilines is 1. The zero-order valence-corrected chi connectivity index (χ0v) is 17.4. The molecule has 0 atom stereocenters. The molecule has 2 N–H and O–H groups in total. The van der Waals surface area contributed by atoms with Crippen LogP contribution in [0.25, 0.3) is 5.69 Å². The Kier molecular flexibility index (Phi) is 7.45. The minimum atomic E-state index is -0.352. The SMILES string of the molecule is CCCCOc1ccc(C(=O)NCC(=O)Nc2ccc(-n3ccnc3)c(Cl)c2)cc1. The van der Waals surface area contributed by atoms with Crippen molar-refractivity contribution in [2.75, 3.05) is 18.5 Å². The predicted molar refractivity (Wildman–Crippen MR) is 116 cm³/mol. The van der Waals surface area contributed by atoms with E-state index < -0.39 is 0 Å². The molecule has 0 fully saturated rings. The lowest BCUT2D eigenvalue weighted by atomic mass is 10.2. The number of amides is 2. The van der Waals surface area contributed by atoms with Crippen molar-refractivity contribution >= 4 is 29.1 Å².